The standard InChI is InChI=1S/C16H21N3O2S/c1-8-10-7-11(22-15(10)19(4)18-8)14(20)17-12-9-5-6-21-13(9)16(12,2)3/h7,9,12-13H,5-6H2,1-4H3,(H,17,20). The minimum atomic E-state index is 0.0188. The Morgan fingerprint density at radius 2 is 2.32 bits per heavy atom. The van der Waals surface area contributed by atoms with Crippen molar-refractivity contribution in [2.45, 2.75) is 39.3 Å². The molecule has 4 rings (SSSR count). The molecule has 2 aromatic heterocycles. The lowest BCUT2D eigenvalue weighted by molar-refractivity contribution is -0.108. The van der Waals surface area contributed by atoms with Crippen LogP contribution in [-0.4, -0.2) is 34.4 Å². The van der Waals surface area contributed by atoms with Crippen molar-refractivity contribution in [3.8, 4) is 0 Å². The third kappa shape index (κ3) is 1.80. The fraction of sp³-hybridized carbons (Fsp3) is 0.625. The van der Waals surface area contributed by atoms with E-state index in [4.69, 9.17) is 4.74 Å². The van der Waals surface area contributed by atoms with Crippen molar-refractivity contribution in [1.82, 2.24) is 15.1 Å². The van der Waals surface area contributed by atoms with E-state index in [-0.39, 0.29) is 17.4 Å². The van der Waals surface area contributed by atoms with Crippen LogP contribution in [0.1, 0.15) is 35.6 Å². The smallest absolute Gasteiger partial charge is 0.261 e. The lowest BCUT2D eigenvalue weighted by Crippen LogP contribution is -2.66. The van der Waals surface area contributed by atoms with E-state index in [1.807, 2.05) is 24.7 Å². The maximum Gasteiger partial charge on any atom is 0.261 e. The second-order valence-electron chi connectivity index (χ2n) is 7.05. The Kier molecular flexibility index (Phi) is 2.94. The van der Waals surface area contributed by atoms with Crippen molar-refractivity contribution in [3.63, 3.8) is 0 Å². The lowest BCUT2D eigenvalue weighted by Gasteiger charge is -2.54. The monoisotopic (exact) mass is 319 g/mol. The Morgan fingerprint density at radius 1 is 1.55 bits per heavy atom. The summed E-state index contributed by atoms with van der Waals surface area (Å²) in [5, 5.41) is 8.71. The van der Waals surface area contributed by atoms with Gasteiger partial charge in [-0.3, -0.25) is 9.48 Å². The lowest BCUT2D eigenvalue weighted by atomic mass is 9.57. The van der Waals surface area contributed by atoms with Gasteiger partial charge in [0.25, 0.3) is 5.91 Å². The summed E-state index contributed by atoms with van der Waals surface area (Å²) in [5.74, 6) is 0.501. The predicted molar refractivity (Wildman–Crippen MR) is 86.2 cm³/mol. The Morgan fingerprint density at radius 3 is 3.05 bits per heavy atom. The zero-order valence-electron chi connectivity index (χ0n) is 13.3. The summed E-state index contributed by atoms with van der Waals surface area (Å²) >= 11 is 1.51. The first kappa shape index (κ1) is 14.2. The minimum absolute atomic E-state index is 0.0188. The number of nitrogens with one attached hydrogen (secondary N) is 1. The first-order valence-corrected chi connectivity index (χ1v) is 8.57. The quantitative estimate of drug-likeness (QED) is 0.925. The molecule has 0 spiro atoms. The minimum Gasteiger partial charge on any atom is -0.377 e. The number of aryl methyl sites for hydroxylation is 2. The van der Waals surface area contributed by atoms with E-state index in [2.05, 4.69) is 24.3 Å². The van der Waals surface area contributed by atoms with Gasteiger partial charge in [-0.05, 0) is 19.4 Å². The summed E-state index contributed by atoms with van der Waals surface area (Å²) in [6.45, 7) is 7.16. The molecule has 2 fully saturated rings. The summed E-state index contributed by atoms with van der Waals surface area (Å²) in [7, 11) is 1.92. The SMILES string of the molecule is Cc1nn(C)c2sc(C(=O)NC3C4CCOC4C3(C)C)cc12. The third-order valence-corrected chi connectivity index (χ3v) is 6.51. The van der Waals surface area contributed by atoms with Crippen LogP contribution in [0.2, 0.25) is 0 Å². The highest BCUT2D eigenvalue weighted by molar-refractivity contribution is 7.20. The van der Waals surface area contributed by atoms with E-state index >= 15 is 0 Å². The molecule has 6 heteroatoms. The zero-order chi connectivity index (χ0) is 15.6. The average Bonchev–Trinajstić information content (AvgIpc) is 3.14. The van der Waals surface area contributed by atoms with Crippen LogP contribution in [0.25, 0.3) is 10.2 Å². The van der Waals surface area contributed by atoms with E-state index in [1.165, 1.54) is 11.3 Å². The molecular weight excluding hydrogens is 298 g/mol. The van der Waals surface area contributed by atoms with Crippen LogP contribution in [0, 0.1) is 18.3 Å². The van der Waals surface area contributed by atoms with Gasteiger partial charge in [0.05, 0.1) is 16.7 Å². The van der Waals surface area contributed by atoms with Crippen LogP contribution in [0.4, 0.5) is 0 Å². The molecule has 1 N–H and O–H groups in total. The van der Waals surface area contributed by atoms with Gasteiger partial charge in [-0.1, -0.05) is 13.8 Å². The molecule has 22 heavy (non-hydrogen) atoms. The number of nitrogens with zero attached hydrogens (tertiary/aromatic N) is 2. The molecule has 3 atom stereocenters. The molecule has 2 aliphatic rings. The molecule has 3 heterocycles. The van der Waals surface area contributed by atoms with Gasteiger partial charge < -0.3 is 10.1 Å². The van der Waals surface area contributed by atoms with Crippen LogP contribution >= 0.6 is 11.3 Å². The zero-order valence-corrected chi connectivity index (χ0v) is 14.2. The first-order valence-electron chi connectivity index (χ1n) is 7.75. The van der Waals surface area contributed by atoms with Crippen molar-refractivity contribution in [2.75, 3.05) is 6.61 Å². The first-order chi connectivity index (χ1) is 10.4. The van der Waals surface area contributed by atoms with Crippen LogP contribution in [0.5, 0.6) is 0 Å². The number of fused-ring (bicyclic) bond motifs is 2. The third-order valence-electron chi connectivity index (χ3n) is 5.31. The molecule has 1 saturated heterocycles. The number of rotatable bonds is 2. The van der Waals surface area contributed by atoms with E-state index in [0.29, 0.717) is 12.0 Å². The molecule has 1 aliphatic heterocycles. The molecule has 1 saturated carbocycles. The van der Waals surface area contributed by atoms with E-state index in [9.17, 15) is 4.79 Å². The Labute approximate surface area is 133 Å². The predicted octanol–water partition coefficient (Wildman–Crippen LogP) is 2.49. The van der Waals surface area contributed by atoms with Gasteiger partial charge in [0.15, 0.2) is 0 Å². The number of ether oxygens (including phenoxy) is 1. The number of amides is 1. The van der Waals surface area contributed by atoms with Crippen molar-refractivity contribution >= 4 is 27.5 Å². The molecule has 3 unspecified atom stereocenters. The van der Waals surface area contributed by atoms with Gasteiger partial charge in [0, 0.05) is 36.4 Å². The Bertz CT molecular complexity index is 726. The van der Waals surface area contributed by atoms with Gasteiger partial charge in [-0.15, -0.1) is 11.3 Å². The number of carbonyl (C=O) groups excluding carboxylic acids is 1. The fourth-order valence-electron chi connectivity index (χ4n) is 4.15. The number of hydrogen-bond donors (Lipinski definition) is 1. The van der Waals surface area contributed by atoms with Crippen molar-refractivity contribution in [3.05, 3.63) is 16.6 Å². The van der Waals surface area contributed by atoms with E-state index in [1.54, 1.807) is 0 Å². The number of aromatic nitrogens is 2. The van der Waals surface area contributed by atoms with Crippen LogP contribution in [0.15, 0.2) is 6.07 Å². The van der Waals surface area contributed by atoms with Crippen LogP contribution in [0.3, 0.4) is 0 Å². The second kappa shape index (κ2) is 4.55. The molecule has 2 aromatic rings. The Balaban J connectivity index is 1.57. The number of hydrogen-bond acceptors (Lipinski definition) is 4. The molecular formula is C16H21N3O2S. The van der Waals surface area contributed by atoms with Gasteiger partial charge in [-0.2, -0.15) is 5.10 Å². The molecule has 118 valence electrons. The Hall–Kier alpha value is -1.40. The van der Waals surface area contributed by atoms with Crippen LogP contribution < -0.4 is 5.32 Å². The summed E-state index contributed by atoms with van der Waals surface area (Å²) in [6, 6.07) is 2.17. The highest BCUT2D eigenvalue weighted by Gasteiger charge is 2.59. The molecule has 0 radical (unpaired) electrons. The second-order valence-corrected chi connectivity index (χ2v) is 8.09. The van der Waals surface area contributed by atoms with Crippen molar-refractivity contribution in [1.29, 1.82) is 0 Å². The largest absolute Gasteiger partial charge is 0.377 e. The summed E-state index contributed by atoms with van der Waals surface area (Å²) in [5.41, 5.74) is 0.992. The highest BCUT2D eigenvalue weighted by atomic mass is 32.1. The summed E-state index contributed by atoms with van der Waals surface area (Å²) in [4.78, 5) is 14.5. The molecule has 0 aromatic carbocycles. The topological polar surface area (TPSA) is 56.2 Å². The average molecular weight is 319 g/mol. The maximum atomic E-state index is 12.6. The van der Waals surface area contributed by atoms with Gasteiger partial charge in [0.1, 0.15) is 4.83 Å². The number of thiophene rings is 1. The maximum absolute atomic E-state index is 12.6. The van der Waals surface area contributed by atoms with Gasteiger partial charge >= 0.3 is 0 Å². The highest BCUT2D eigenvalue weighted by Crippen LogP contribution is 2.52. The normalized spacial score (nSPS) is 29.4. The summed E-state index contributed by atoms with van der Waals surface area (Å²) in [6.07, 6.45) is 1.35. The van der Waals surface area contributed by atoms with Gasteiger partial charge in [-0.25, -0.2) is 0 Å². The summed E-state index contributed by atoms with van der Waals surface area (Å²) < 4.78 is 7.64. The van der Waals surface area contributed by atoms with Crippen LogP contribution in [-0.2, 0) is 11.8 Å². The van der Waals surface area contributed by atoms with Gasteiger partial charge in [0.2, 0.25) is 0 Å². The molecule has 1 amide bonds. The van der Waals surface area contributed by atoms with E-state index in [0.717, 1.165) is 33.8 Å². The molecule has 0 bridgehead atoms. The molecule has 1 aliphatic carbocycles. The van der Waals surface area contributed by atoms with Crippen molar-refractivity contribution in [2.24, 2.45) is 18.4 Å². The number of carbonyl (C=O) groups is 1. The fourth-order valence-corrected chi connectivity index (χ4v) is 5.17. The van der Waals surface area contributed by atoms with Crippen molar-refractivity contribution < 1.29 is 9.53 Å². The van der Waals surface area contributed by atoms with E-state index < -0.39 is 0 Å². The molecule has 5 nitrogen and oxygen atoms in total.